The highest BCUT2D eigenvalue weighted by atomic mass is 16.6. The predicted octanol–water partition coefficient (Wildman–Crippen LogP) is 4.19. The highest BCUT2D eigenvalue weighted by molar-refractivity contribution is 5.70. The van der Waals surface area contributed by atoms with Gasteiger partial charge in [-0.1, -0.05) is 45.9 Å². The van der Waals surface area contributed by atoms with E-state index in [9.17, 15) is 9.59 Å². The van der Waals surface area contributed by atoms with Gasteiger partial charge >= 0.3 is 12.2 Å². The Balaban J connectivity index is 1.97. The number of amides is 2. The number of hydrogen-bond acceptors (Lipinski definition) is 3. The average Bonchev–Trinajstić information content (AvgIpc) is 2.51. The lowest BCUT2D eigenvalue weighted by molar-refractivity contribution is 0.0695. The molecule has 1 aliphatic carbocycles. The van der Waals surface area contributed by atoms with Crippen molar-refractivity contribution in [3.8, 4) is 5.75 Å². The lowest BCUT2D eigenvalue weighted by Gasteiger charge is -2.46. The lowest BCUT2D eigenvalue weighted by Crippen LogP contribution is -2.50. The van der Waals surface area contributed by atoms with Crippen LogP contribution in [0.2, 0.25) is 0 Å². The van der Waals surface area contributed by atoms with Gasteiger partial charge in [0.15, 0.2) is 0 Å². The third-order valence-corrected chi connectivity index (χ3v) is 4.99. The standard InChI is InChI=1S/C20H30N2O4/c1-5-14-8-6-7-9-16(14)26-18(25)21-13-20(4)11-15(22-17(23)24)10-19(2,3)12-20/h6-9,15,22H,5,10-13H2,1-4H3,(H,21,25)(H,23,24). The zero-order valence-electron chi connectivity index (χ0n) is 16.1. The van der Waals surface area contributed by atoms with Gasteiger partial charge in [-0.15, -0.1) is 0 Å². The normalized spacial score (nSPS) is 24.5. The van der Waals surface area contributed by atoms with Gasteiger partial charge in [0.05, 0.1) is 0 Å². The summed E-state index contributed by atoms with van der Waals surface area (Å²) >= 11 is 0. The van der Waals surface area contributed by atoms with E-state index in [1.54, 1.807) is 6.07 Å². The number of carboxylic acid groups (broad SMARTS) is 1. The van der Waals surface area contributed by atoms with E-state index in [-0.39, 0.29) is 16.9 Å². The molecule has 0 aliphatic heterocycles. The largest absolute Gasteiger partial charge is 0.465 e. The quantitative estimate of drug-likeness (QED) is 0.733. The van der Waals surface area contributed by atoms with E-state index >= 15 is 0 Å². The Labute approximate surface area is 155 Å². The minimum Gasteiger partial charge on any atom is -0.465 e. The van der Waals surface area contributed by atoms with E-state index in [1.165, 1.54) is 0 Å². The SMILES string of the molecule is CCc1ccccc1OC(=O)NCC1(C)CC(NC(=O)O)CC(C)(C)C1. The van der Waals surface area contributed by atoms with E-state index in [0.717, 1.165) is 24.8 Å². The first-order chi connectivity index (χ1) is 12.1. The molecule has 2 unspecified atom stereocenters. The number of nitrogens with one attached hydrogen (secondary N) is 2. The van der Waals surface area contributed by atoms with Crippen LogP contribution in [0.15, 0.2) is 24.3 Å². The van der Waals surface area contributed by atoms with Gasteiger partial charge in [0.2, 0.25) is 0 Å². The molecule has 6 heteroatoms. The van der Waals surface area contributed by atoms with E-state index in [2.05, 4.69) is 31.4 Å². The number of rotatable bonds is 5. The second-order valence-electron chi connectivity index (χ2n) is 8.41. The van der Waals surface area contributed by atoms with Crippen molar-refractivity contribution in [1.82, 2.24) is 10.6 Å². The molecule has 1 aromatic rings. The van der Waals surface area contributed by atoms with Gasteiger partial charge in [0.25, 0.3) is 0 Å². The summed E-state index contributed by atoms with van der Waals surface area (Å²) in [6.07, 6.45) is 1.70. The van der Waals surface area contributed by atoms with Crippen LogP contribution in [0.5, 0.6) is 5.75 Å². The van der Waals surface area contributed by atoms with Gasteiger partial charge in [-0.05, 0) is 48.1 Å². The molecule has 2 amide bonds. The van der Waals surface area contributed by atoms with Crippen molar-refractivity contribution in [2.75, 3.05) is 6.54 Å². The first-order valence-electron chi connectivity index (χ1n) is 9.15. The number of aryl methyl sites for hydroxylation is 1. The van der Waals surface area contributed by atoms with Gasteiger partial charge in [-0.25, -0.2) is 9.59 Å². The van der Waals surface area contributed by atoms with Crippen LogP contribution in [-0.2, 0) is 6.42 Å². The summed E-state index contributed by atoms with van der Waals surface area (Å²) in [6.45, 7) is 8.82. The Kier molecular flexibility index (Phi) is 6.16. The molecule has 0 bridgehead atoms. The monoisotopic (exact) mass is 362 g/mol. The van der Waals surface area contributed by atoms with Crippen LogP contribution in [0, 0.1) is 10.8 Å². The molecule has 3 N–H and O–H groups in total. The van der Waals surface area contributed by atoms with Gasteiger partial charge in [0.1, 0.15) is 5.75 Å². The van der Waals surface area contributed by atoms with E-state index in [4.69, 9.17) is 9.84 Å². The molecular weight excluding hydrogens is 332 g/mol. The lowest BCUT2D eigenvalue weighted by atomic mass is 9.62. The Hall–Kier alpha value is -2.24. The van der Waals surface area contributed by atoms with Crippen LogP contribution in [0.4, 0.5) is 9.59 Å². The predicted molar refractivity (Wildman–Crippen MR) is 101 cm³/mol. The van der Waals surface area contributed by atoms with Crippen LogP contribution in [0.25, 0.3) is 0 Å². The molecule has 0 heterocycles. The molecular formula is C20H30N2O4. The fraction of sp³-hybridized carbons (Fsp3) is 0.600. The Bertz CT molecular complexity index is 659. The van der Waals surface area contributed by atoms with Gasteiger partial charge in [-0.3, -0.25) is 0 Å². The highest BCUT2D eigenvalue weighted by Gasteiger charge is 2.42. The molecule has 26 heavy (non-hydrogen) atoms. The van der Waals surface area contributed by atoms with E-state index < -0.39 is 12.2 Å². The Morgan fingerprint density at radius 2 is 1.92 bits per heavy atom. The number of hydrogen-bond donors (Lipinski definition) is 3. The van der Waals surface area contributed by atoms with Crippen molar-refractivity contribution in [2.45, 2.75) is 59.4 Å². The summed E-state index contributed by atoms with van der Waals surface area (Å²) in [6, 6.07) is 7.38. The van der Waals surface area contributed by atoms with Crippen molar-refractivity contribution < 1.29 is 19.4 Å². The zero-order chi connectivity index (χ0) is 19.4. The maximum atomic E-state index is 12.2. The van der Waals surface area contributed by atoms with E-state index in [0.29, 0.717) is 18.7 Å². The number of benzene rings is 1. The fourth-order valence-electron chi connectivity index (χ4n) is 4.36. The second-order valence-corrected chi connectivity index (χ2v) is 8.41. The smallest absolute Gasteiger partial charge is 0.412 e. The maximum absolute atomic E-state index is 12.2. The number of carbonyl (C=O) groups excluding carboxylic acids is 1. The van der Waals surface area contributed by atoms with Gasteiger partial charge < -0.3 is 20.5 Å². The van der Waals surface area contributed by atoms with Gasteiger partial charge in [-0.2, -0.15) is 0 Å². The van der Waals surface area contributed by atoms with E-state index in [1.807, 2.05) is 25.1 Å². The molecule has 1 aromatic carbocycles. The Morgan fingerprint density at radius 1 is 1.23 bits per heavy atom. The number of carbonyl (C=O) groups is 2. The number of para-hydroxylation sites is 1. The summed E-state index contributed by atoms with van der Waals surface area (Å²) in [5.41, 5.74) is 0.789. The van der Waals surface area contributed by atoms with Crippen LogP contribution in [0.3, 0.4) is 0 Å². The highest BCUT2D eigenvalue weighted by Crippen LogP contribution is 2.45. The van der Waals surface area contributed by atoms with Crippen molar-refractivity contribution in [3.05, 3.63) is 29.8 Å². The summed E-state index contributed by atoms with van der Waals surface area (Å²) in [4.78, 5) is 23.3. The summed E-state index contributed by atoms with van der Waals surface area (Å²) < 4.78 is 5.46. The van der Waals surface area contributed by atoms with Crippen molar-refractivity contribution in [1.29, 1.82) is 0 Å². The fourth-order valence-corrected chi connectivity index (χ4v) is 4.36. The summed E-state index contributed by atoms with van der Waals surface area (Å²) in [5.74, 6) is 0.576. The molecule has 6 nitrogen and oxygen atoms in total. The average molecular weight is 362 g/mol. The Morgan fingerprint density at radius 3 is 2.58 bits per heavy atom. The maximum Gasteiger partial charge on any atom is 0.412 e. The zero-order valence-corrected chi connectivity index (χ0v) is 16.1. The third-order valence-electron chi connectivity index (χ3n) is 4.99. The molecule has 0 saturated heterocycles. The van der Waals surface area contributed by atoms with Crippen LogP contribution in [0.1, 0.15) is 52.5 Å². The van der Waals surface area contributed by atoms with Crippen LogP contribution < -0.4 is 15.4 Å². The molecule has 0 radical (unpaired) electrons. The van der Waals surface area contributed by atoms with Crippen molar-refractivity contribution in [3.63, 3.8) is 0 Å². The topological polar surface area (TPSA) is 87.7 Å². The molecule has 0 spiro atoms. The minimum absolute atomic E-state index is 0.000508. The molecule has 144 valence electrons. The van der Waals surface area contributed by atoms with Crippen molar-refractivity contribution in [2.24, 2.45) is 10.8 Å². The molecule has 0 aromatic heterocycles. The second kappa shape index (κ2) is 7.98. The first kappa shape index (κ1) is 20.1. The first-order valence-corrected chi connectivity index (χ1v) is 9.15. The third kappa shape index (κ3) is 5.64. The molecule has 2 atom stereocenters. The van der Waals surface area contributed by atoms with Crippen LogP contribution in [-0.4, -0.2) is 29.9 Å². The summed E-state index contributed by atoms with van der Waals surface area (Å²) in [5, 5.41) is 14.5. The van der Waals surface area contributed by atoms with Crippen molar-refractivity contribution >= 4 is 12.2 Å². The molecule has 1 aliphatic rings. The van der Waals surface area contributed by atoms with Crippen LogP contribution >= 0.6 is 0 Å². The molecule has 2 rings (SSSR count). The molecule has 1 saturated carbocycles. The number of ether oxygens (including phenoxy) is 1. The molecule has 1 fully saturated rings. The van der Waals surface area contributed by atoms with Gasteiger partial charge in [0, 0.05) is 12.6 Å². The summed E-state index contributed by atoms with van der Waals surface area (Å²) in [7, 11) is 0. The minimum atomic E-state index is -1.00.